The van der Waals surface area contributed by atoms with E-state index in [0.29, 0.717) is 18.5 Å². The SMILES string of the molecule is C=C(C)C(=O)OC(CCO)CN(C)C. The van der Waals surface area contributed by atoms with Gasteiger partial charge in [0.2, 0.25) is 0 Å². The Bertz CT molecular complexity index is 202. The van der Waals surface area contributed by atoms with Crippen LogP contribution in [0.4, 0.5) is 0 Å². The molecule has 0 aromatic heterocycles. The fourth-order valence-corrected chi connectivity index (χ4v) is 0.991. The van der Waals surface area contributed by atoms with E-state index in [-0.39, 0.29) is 12.7 Å². The first-order valence-corrected chi connectivity index (χ1v) is 4.59. The van der Waals surface area contributed by atoms with Crippen molar-refractivity contribution in [2.45, 2.75) is 19.4 Å². The summed E-state index contributed by atoms with van der Waals surface area (Å²) >= 11 is 0. The van der Waals surface area contributed by atoms with Crippen molar-refractivity contribution in [1.29, 1.82) is 0 Å². The first-order valence-electron chi connectivity index (χ1n) is 4.59. The van der Waals surface area contributed by atoms with Crippen LogP contribution in [-0.4, -0.2) is 49.3 Å². The minimum Gasteiger partial charge on any atom is -0.458 e. The predicted molar refractivity (Wildman–Crippen MR) is 55.0 cm³/mol. The van der Waals surface area contributed by atoms with Gasteiger partial charge in [-0.2, -0.15) is 0 Å². The molecule has 0 rings (SSSR count). The van der Waals surface area contributed by atoms with Crippen LogP contribution in [0.2, 0.25) is 0 Å². The van der Waals surface area contributed by atoms with Crippen molar-refractivity contribution in [3.05, 3.63) is 12.2 Å². The second kappa shape index (κ2) is 6.56. The molecule has 1 atom stereocenters. The van der Waals surface area contributed by atoms with Gasteiger partial charge < -0.3 is 14.7 Å². The van der Waals surface area contributed by atoms with Gasteiger partial charge in [-0.1, -0.05) is 6.58 Å². The van der Waals surface area contributed by atoms with E-state index < -0.39 is 5.97 Å². The molecule has 0 aromatic carbocycles. The highest BCUT2D eigenvalue weighted by atomic mass is 16.5. The van der Waals surface area contributed by atoms with Crippen molar-refractivity contribution in [3.8, 4) is 0 Å². The van der Waals surface area contributed by atoms with Gasteiger partial charge in [-0.25, -0.2) is 4.79 Å². The van der Waals surface area contributed by atoms with Crippen LogP contribution in [0, 0.1) is 0 Å². The fourth-order valence-electron chi connectivity index (χ4n) is 0.991. The summed E-state index contributed by atoms with van der Waals surface area (Å²) in [5.74, 6) is -0.398. The molecule has 0 fully saturated rings. The molecular weight excluding hydrogens is 182 g/mol. The van der Waals surface area contributed by atoms with E-state index in [9.17, 15) is 4.79 Å². The molecule has 0 heterocycles. The number of aliphatic hydroxyl groups excluding tert-OH is 1. The molecule has 0 saturated carbocycles. The zero-order valence-corrected chi connectivity index (χ0v) is 9.12. The van der Waals surface area contributed by atoms with Gasteiger partial charge in [-0.05, 0) is 21.0 Å². The third-order valence-electron chi connectivity index (χ3n) is 1.64. The molecule has 0 amide bonds. The van der Waals surface area contributed by atoms with E-state index in [0.717, 1.165) is 0 Å². The zero-order chi connectivity index (χ0) is 11.1. The van der Waals surface area contributed by atoms with E-state index in [1.165, 1.54) is 0 Å². The second-order valence-electron chi connectivity index (χ2n) is 3.58. The second-order valence-corrected chi connectivity index (χ2v) is 3.58. The molecule has 0 aromatic rings. The van der Waals surface area contributed by atoms with Crippen LogP contribution in [-0.2, 0) is 9.53 Å². The van der Waals surface area contributed by atoms with Crippen molar-refractivity contribution in [1.82, 2.24) is 4.90 Å². The number of nitrogens with zero attached hydrogens (tertiary/aromatic N) is 1. The van der Waals surface area contributed by atoms with Gasteiger partial charge in [0.15, 0.2) is 0 Å². The minimum atomic E-state index is -0.398. The quantitative estimate of drug-likeness (QED) is 0.500. The number of carbonyl (C=O) groups is 1. The summed E-state index contributed by atoms with van der Waals surface area (Å²) < 4.78 is 5.12. The first kappa shape index (κ1) is 13.1. The topological polar surface area (TPSA) is 49.8 Å². The molecule has 4 heteroatoms. The molecule has 0 spiro atoms. The van der Waals surface area contributed by atoms with Crippen molar-refractivity contribution in [3.63, 3.8) is 0 Å². The van der Waals surface area contributed by atoms with E-state index in [1.54, 1.807) is 6.92 Å². The Labute approximate surface area is 85.2 Å². The Morgan fingerprint density at radius 1 is 1.57 bits per heavy atom. The monoisotopic (exact) mass is 201 g/mol. The lowest BCUT2D eigenvalue weighted by Crippen LogP contribution is -2.31. The maximum atomic E-state index is 11.2. The first-order chi connectivity index (χ1) is 6.47. The van der Waals surface area contributed by atoms with Gasteiger partial charge >= 0.3 is 5.97 Å². The summed E-state index contributed by atoms with van der Waals surface area (Å²) in [6.45, 7) is 5.73. The van der Waals surface area contributed by atoms with Gasteiger partial charge in [0.05, 0.1) is 0 Å². The zero-order valence-electron chi connectivity index (χ0n) is 9.12. The number of carbonyl (C=O) groups excluding carboxylic acids is 1. The molecule has 1 unspecified atom stereocenters. The number of hydrogen-bond acceptors (Lipinski definition) is 4. The van der Waals surface area contributed by atoms with Crippen LogP contribution in [0.1, 0.15) is 13.3 Å². The lowest BCUT2D eigenvalue weighted by molar-refractivity contribution is -0.145. The normalized spacial score (nSPS) is 12.6. The van der Waals surface area contributed by atoms with Crippen LogP contribution >= 0.6 is 0 Å². The molecule has 14 heavy (non-hydrogen) atoms. The largest absolute Gasteiger partial charge is 0.458 e. The molecule has 0 bridgehead atoms. The molecule has 0 aliphatic rings. The minimum absolute atomic E-state index is 0.0159. The van der Waals surface area contributed by atoms with Crippen LogP contribution in [0.3, 0.4) is 0 Å². The third kappa shape index (κ3) is 5.72. The van der Waals surface area contributed by atoms with Crippen molar-refractivity contribution >= 4 is 5.97 Å². The molecule has 0 aliphatic carbocycles. The van der Waals surface area contributed by atoms with Crippen LogP contribution in [0.5, 0.6) is 0 Å². The number of esters is 1. The summed E-state index contributed by atoms with van der Waals surface area (Å²) in [5.41, 5.74) is 0.381. The summed E-state index contributed by atoms with van der Waals surface area (Å²) in [4.78, 5) is 13.1. The highest BCUT2D eigenvalue weighted by Crippen LogP contribution is 2.03. The van der Waals surface area contributed by atoms with Gasteiger partial charge in [-0.3, -0.25) is 0 Å². The van der Waals surface area contributed by atoms with Gasteiger partial charge in [0.25, 0.3) is 0 Å². The predicted octanol–water partition coefficient (Wildman–Crippen LogP) is 0.418. The van der Waals surface area contributed by atoms with Gasteiger partial charge in [0.1, 0.15) is 6.10 Å². The lowest BCUT2D eigenvalue weighted by Gasteiger charge is -2.20. The smallest absolute Gasteiger partial charge is 0.333 e. The Hall–Kier alpha value is -0.870. The number of hydrogen-bond donors (Lipinski definition) is 1. The standard InChI is InChI=1S/C10H19NO3/c1-8(2)10(13)14-9(5-6-12)7-11(3)4/h9,12H,1,5-7H2,2-4H3. The maximum absolute atomic E-state index is 11.2. The molecule has 0 aliphatic heterocycles. The Morgan fingerprint density at radius 3 is 2.50 bits per heavy atom. The van der Waals surface area contributed by atoms with Crippen molar-refractivity contribution < 1.29 is 14.6 Å². The van der Waals surface area contributed by atoms with Crippen molar-refractivity contribution in [2.75, 3.05) is 27.2 Å². The number of ether oxygens (including phenoxy) is 1. The van der Waals surface area contributed by atoms with E-state index in [4.69, 9.17) is 9.84 Å². The molecular formula is C10H19NO3. The maximum Gasteiger partial charge on any atom is 0.333 e. The molecule has 1 N–H and O–H groups in total. The Morgan fingerprint density at radius 2 is 2.14 bits per heavy atom. The number of rotatable bonds is 6. The van der Waals surface area contributed by atoms with Crippen LogP contribution in [0.15, 0.2) is 12.2 Å². The van der Waals surface area contributed by atoms with E-state index >= 15 is 0 Å². The highest BCUT2D eigenvalue weighted by molar-refractivity contribution is 5.87. The average Bonchev–Trinajstić information content (AvgIpc) is 2.02. The Balaban J connectivity index is 4.08. The summed E-state index contributed by atoms with van der Waals surface area (Å²) in [5, 5.41) is 8.77. The third-order valence-corrected chi connectivity index (χ3v) is 1.64. The highest BCUT2D eigenvalue weighted by Gasteiger charge is 2.15. The van der Waals surface area contributed by atoms with E-state index in [1.807, 2.05) is 19.0 Å². The van der Waals surface area contributed by atoms with Crippen LogP contribution in [0.25, 0.3) is 0 Å². The molecule has 82 valence electrons. The lowest BCUT2D eigenvalue weighted by atomic mass is 10.2. The summed E-state index contributed by atoms with van der Waals surface area (Å²) in [6.07, 6.45) is 0.191. The summed E-state index contributed by atoms with van der Waals surface area (Å²) in [7, 11) is 3.78. The average molecular weight is 201 g/mol. The molecule has 0 saturated heterocycles. The van der Waals surface area contributed by atoms with Crippen molar-refractivity contribution in [2.24, 2.45) is 0 Å². The number of aliphatic hydroxyl groups is 1. The summed E-state index contributed by atoms with van der Waals surface area (Å²) in [6, 6.07) is 0. The van der Waals surface area contributed by atoms with Gasteiger partial charge in [0, 0.05) is 25.1 Å². The van der Waals surface area contributed by atoms with Crippen LogP contribution < -0.4 is 0 Å². The Kier molecular flexibility index (Phi) is 6.16. The molecule has 4 nitrogen and oxygen atoms in total. The number of likely N-dealkylation sites (N-methyl/N-ethyl adjacent to an activating group) is 1. The van der Waals surface area contributed by atoms with E-state index in [2.05, 4.69) is 6.58 Å². The van der Waals surface area contributed by atoms with Gasteiger partial charge in [-0.15, -0.1) is 0 Å². The fraction of sp³-hybridized carbons (Fsp3) is 0.700. The molecule has 0 radical (unpaired) electrons.